The van der Waals surface area contributed by atoms with Crippen LogP contribution in [0.3, 0.4) is 0 Å². The van der Waals surface area contributed by atoms with Crippen molar-refractivity contribution in [3.63, 3.8) is 0 Å². The lowest BCUT2D eigenvalue weighted by molar-refractivity contribution is -0.185. The maximum Gasteiger partial charge on any atom is 0.471 e. The van der Waals surface area contributed by atoms with Crippen LogP contribution in [0.2, 0.25) is 0 Å². The Balaban J connectivity index is 2.60. The summed E-state index contributed by atoms with van der Waals surface area (Å²) in [6.07, 6.45) is 0.303. The van der Waals surface area contributed by atoms with E-state index in [-0.39, 0.29) is 6.54 Å². The van der Waals surface area contributed by atoms with Crippen LogP contribution in [0.1, 0.15) is 32.6 Å². The average Bonchev–Trinajstić information content (AvgIpc) is 2.74. The van der Waals surface area contributed by atoms with Gasteiger partial charge in [-0.15, -0.1) is 0 Å². The first-order valence-corrected chi connectivity index (χ1v) is 5.84. The second-order valence-corrected chi connectivity index (χ2v) is 4.43. The number of carbonyl (C=O) groups is 2. The van der Waals surface area contributed by atoms with Crippen molar-refractivity contribution in [2.75, 3.05) is 13.1 Å². The molecule has 18 heavy (non-hydrogen) atoms. The van der Waals surface area contributed by atoms with Crippen molar-refractivity contribution in [3.05, 3.63) is 11.6 Å². The summed E-state index contributed by atoms with van der Waals surface area (Å²) in [7, 11) is 0. The minimum Gasteiger partial charge on any atom is -0.327 e. The van der Waals surface area contributed by atoms with Gasteiger partial charge in [0.05, 0.1) is 6.54 Å². The first-order valence-electron chi connectivity index (χ1n) is 5.84. The summed E-state index contributed by atoms with van der Waals surface area (Å²) in [6, 6.07) is 0. The van der Waals surface area contributed by atoms with E-state index in [1.54, 1.807) is 0 Å². The largest absolute Gasteiger partial charge is 0.471 e. The highest BCUT2D eigenvalue weighted by molar-refractivity contribution is 5.87. The number of halogens is 3. The zero-order valence-corrected chi connectivity index (χ0v) is 10.2. The SMILES string of the molecule is CC(=O)CN(CCC1=CCCC1)C(=O)C(F)(F)F. The number of alkyl halides is 3. The Hall–Kier alpha value is -1.33. The van der Waals surface area contributed by atoms with E-state index in [0.717, 1.165) is 24.8 Å². The molecule has 0 bridgehead atoms. The summed E-state index contributed by atoms with van der Waals surface area (Å²) in [5, 5.41) is 0. The summed E-state index contributed by atoms with van der Waals surface area (Å²) in [5.74, 6) is -2.38. The molecule has 3 nitrogen and oxygen atoms in total. The van der Waals surface area contributed by atoms with Gasteiger partial charge < -0.3 is 4.90 Å². The van der Waals surface area contributed by atoms with Crippen molar-refractivity contribution < 1.29 is 22.8 Å². The number of hydrogen-bond donors (Lipinski definition) is 0. The van der Waals surface area contributed by atoms with Gasteiger partial charge in [-0.25, -0.2) is 0 Å². The zero-order valence-electron chi connectivity index (χ0n) is 10.2. The van der Waals surface area contributed by atoms with Gasteiger partial charge in [0.25, 0.3) is 0 Å². The second kappa shape index (κ2) is 6.02. The maximum atomic E-state index is 12.3. The van der Waals surface area contributed by atoms with Crippen LogP contribution in [0.25, 0.3) is 0 Å². The molecule has 0 heterocycles. The van der Waals surface area contributed by atoms with Gasteiger partial charge in [0.1, 0.15) is 5.78 Å². The first kappa shape index (κ1) is 14.7. The van der Waals surface area contributed by atoms with Crippen molar-refractivity contribution in [1.82, 2.24) is 4.90 Å². The minimum absolute atomic E-state index is 0.0518. The van der Waals surface area contributed by atoms with Gasteiger partial charge >= 0.3 is 12.1 Å². The van der Waals surface area contributed by atoms with Crippen molar-refractivity contribution >= 4 is 11.7 Å². The molecule has 0 atom stereocenters. The van der Waals surface area contributed by atoms with E-state index in [1.807, 2.05) is 6.08 Å². The number of nitrogens with zero attached hydrogens (tertiary/aromatic N) is 1. The van der Waals surface area contributed by atoms with Crippen molar-refractivity contribution in [1.29, 1.82) is 0 Å². The Morgan fingerprint density at radius 1 is 1.39 bits per heavy atom. The molecule has 0 radical (unpaired) electrons. The fourth-order valence-electron chi connectivity index (χ4n) is 1.94. The fourth-order valence-corrected chi connectivity index (χ4v) is 1.94. The molecule has 1 aliphatic carbocycles. The van der Waals surface area contributed by atoms with Crippen LogP contribution in [0.5, 0.6) is 0 Å². The van der Waals surface area contributed by atoms with Crippen molar-refractivity contribution in [3.8, 4) is 0 Å². The quantitative estimate of drug-likeness (QED) is 0.714. The predicted octanol–water partition coefficient (Wildman–Crippen LogP) is 2.47. The van der Waals surface area contributed by atoms with Crippen LogP contribution in [0.15, 0.2) is 11.6 Å². The molecule has 0 unspecified atom stereocenters. The van der Waals surface area contributed by atoms with Gasteiger partial charge in [-0.05, 0) is 32.6 Å². The minimum atomic E-state index is -4.92. The number of Topliss-reactive ketones (excluding diaryl/α,β-unsaturated/α-hetero) is 1. The van der Waals surface area contributed by atoms with E-state index in [2.05, 4.69) is 0 Å². The summed E-state index contributed by atoms with van der Waals surface area (Å²) in [6.45, 7) is 0.640. The van der Waals surface area contributed by atoms with E-state index >= 15 is 0 Å². The molecule has 0 spiro atoms. The van der Waals surface area contributed by atoms with Gasteiger partial charge in [-0.3, -0.25) is 9.59 Å². The molecule has 102 valence electrons. The molecule has 0 N–H and O–H groups in total. The highest BCUT2D eigenvalue weighted by atomic mass is 19.4. The number of hydrogen-bond acceptors (Lipinski definition) is 2. The number of amides is 1. The number of rotatable bonds is 5. The Kier molecular flexibility index (Phi) is 4.93. The first-order chi connectivity index (χ1) is 8.30. The molecule has 0 aromatic heterocycles. The molecule has 0 fully saturated rings. The standard InChI is InChI=1S/C12H16F3NO2/c1-9(17)8-16(11(18)12(13,14)15)7-6-10-4-2-3-5-10/h4H,2-3,5-8H2,1H3. The van der Waals surface area contributed by atoms with Gasteiger partial charge in [0, 0.05) is 6.54 Å². The van der Waals surface area contributed by atoms with Crippen LogP contribution in [0, 0.1) is 0 Å². The number of carbonyl (C=O) groups excluding carboxylic acids is 2. The van der Waals surface area contributed by atoms with E-state index in [9.17, 15) is 22.8 Å². The molecule has 1 aliphatic rings. The second-order valence-electron chi connectivity index (χ2n) is 4.43. The van der Waals surface area contributed by atoms with E-state index in [0.29, 0.717) is 11.3 Å². The third kappa shape index (κ3) is 4.50. The van der Waals surface area contributed by atoms with Crippen molar-refractivity contribution in [2.24, 2.45) is 0 Å². The Morgan fingerprint density at radius 3 is 2.50 bits per heavy atom. The predicted molar refractivity (Wildman–Crippen MR) is 59.9 cm³/mol. The summed E-state index contributed by atoms with van der Waals surface area (Å²) in [5.41, 5.74) is 1.07. The van der Waals surface area contributed by atoms with Gasteiger partial charge in [0.2, 0.25) is 0 Å². The molecule has 0 saturated carbocycles. The molecular weight excluding hydrogens is 247 g/mol. The highest BCUT2D eigenvalue weighted by Gasteiger charge is 2.42. The zero-order chi connectivity index (χ0) is 13.8. The molecule has 0 aliphatic heterocycles. The van der Waals surface area contributed by atoms with Gasteiger partial charge in [0.15, 0.2) is 0 Å². The van der Waals surface area contributed by atoms with Gasteiger partial charge in [-0.1, -0.05) is 11.6 Å². The molecule has 0 saturated heterocycles. The monoisotopic (exact) mass is 263 g/mol. The topological polar surface area (TPSA) is 37.4 Å². The smallest absolute Gasteiger partial charge is 0.327 e. The maximum absolute atomic E-state index is 12.3. The normalized spacial score (nSPS) is 15.4. The third-order valence-electron chi connectivity index (χ3n) is 2.78. The van der Waals surface area contributed by atoms with Crippen LogP contribution in [0.4, 0.5) is 13.2 Å². The van der Waals surface area contributed by atoms with Gasteiger partial charge in [-0.2, -0.15) is 13.2 Å². The fraction of sp³-hybridized carbons (Fsp3) is 0.667. The molecular formula is C12H16F3NO2. The number of allylic oxidation sites excluding steroid dienone is 1. The average molecular weight is 263 g/mol. The molecule has 0 aromatic rings. The Morgan fingerprint density at radius 2 is 2.06 bits per heavy atom. The van der Waals surface area contributed by atoms with E-state index in [1.165, 1.54) is 6.92 Å². The van der Waals surface area contributed by atoms with Crippen LogP contribution >= 0.6 is 0 Å². The highest BCUT2D eigenvalue weighted by Crippen LogP contribution is 2.23. The lowest BCUT2D eigenvalue weighted by Gasteiger charge is -2.22. The molecule has 6 heteroatoms. The van der Waals surface area contributed by atoms with E-state index in [4.69, 9.17) is 0 Å². The molecule has 1 rings (SSSR count). The lowest BCUT2D eigenvalue weighted by atomic mass is 10.1. The summed E-state index contributed by atoms with van der Waals surface area (Å²) >= 11 is 0. The van der Waals surface area contributed by atoms with Crippen molar-refractivity contribution in [2.45, 2.75) is 38.8 Å². The van der Waals surface area contributed by atoms with Crippen LogP contribution in [-0.2, 0) is 9.59 Å². The van der Waals surface area contributed by atoms with Crippen LogP contribution < -0.4 is 0 Å². The Bertz CT molecular complexity index is 361. The van der Waals surface area contributed by atoms with Crippen LogP contribution in [-0.4, -0.2) is 35.9 Å². The molecule has 1 amide bonds. The number of ketones is 1. The summed E-state index contributed by atoms with van der Waals surface area (Å²) < 4.78 is 37.0. The third-order valence-corrected chi connectivity index (χ3v) is 2.78. The Labute approximate surface area is 104 Å². The summed E-state index contributed by atoms with van der Waals surface area (Å²) in [4.78, 5) is 22.6. The van der Waals surface area contributed by atoms with E-state index < -0.39 is 24.4 Å². The lowest BCUT2D eigenvalue weighted by Crippen LogP contribution is -2.43. The molecule has 0 aromatic carbocycles.